The molecule has 0 amide bonds. The number of hydrogen-bond acceptors (Lipinski definition) is 4. The fraction of sp³-hybridized carbons (Fsp3) is 1.00. The summed E-state index contributed by atoms with van der Waals surface area (Å²) in [5, 5.41) is 3.73. The second-order valence-electron chi connectivity index (χ2n) is 7.23. The highest BCUT2D eigenvalue weighted by Crippen LogP contribution is 2.26. The monoisotopic (exact) mass is 300 g/mol. The molecule has 4 heteroatoms. The molecule has 1 N–H and O–H groups in total. The van der Waals surface area contributed by atoms with Gasteiger partial charge in [0.15, 0.2) is 0 Å². The SMILES string of the molecule is CCCC1CN(CCOCCCOC)C(C(C)(C)C)CN1. The van der Waals surface area contributed by atoms with Crippen LogP contribution >= 0.6 is 0 Å². The van der Waals surface area contributed by atoms with Gasteiger partial charge in [-0.2, -0.15) is 0 Å². The Morgan fingerprint density at radius 1 is 1.19 bits per heavy atom. The van der Waals surface area contributed by atoms with E-state index in [1.54, 1.807) is 7.11 Å². The predicted octanol–water partition coefficient (Wildman–Crippen LogP) is 2.53. The summed E-state index contributed by atoms with van der Waals surface area (Å²) < 4.78 is 10.8. The average molecular weight is 300 g/mol. The Labute approximate surface area is 131 Å². The lowest BCUT2D eigenvalue weighted by Gasteiger charge is -2.46. The van der Waals surface area contributed by atoms with E-state index in [2.05, 4.69) is 37.9 Å². The first-order valence-electron chi connectivity index (χ1n) is 8.53. The van der Waals surface area contributed by atoms with Gasteiger partial charge < -0.3 is 14.8 Å². The minimum atomic E-state index is 0.306. The van der Waals surface area contributed by atoms with Crippen LogP contribution in [-0.4, -0.2) is 63.5 Å². The molecule has 0 saturated carbocycles. The van der Waals surface area contributed by atoms with E-state index in [0.29, 0.717) is 17.5 Å². The molecule has 4 nitrogen and oxygen atoms in total. The first-order chi connectivity index (χ1) is 9.99. The second kappa shape index (κ2) is 9.78. The Morgan fingerprint density at radius 2 is 1.95 bits per heavy atom. The van der Waals surface area contributed by atoms with Crippen LogP contribution in [0.25, 0.3) is 0 Å². The largest absolute Gasteiger partial charge is 0.385 e. The fourth-order valence-electron chi connectivity index (χ4n) is 3.11. The van der Waals surface area contributed by atoms with Crippen LogP contribution in [0.2, 0.25) is 0 Å². The first-order valence-corrected chi connectivity index (χ1v) is 8.53. The number of hydrogen-bond donors (Lipinski definition) is 1. The van der Waals surface area contributed by atoms with Gasteiger partial charge in [-0.25, -0.2) is 0 Å². The predicted molar refractivity (Wildman–Crippen MR) is 88.8 cm³/mol. The molecule has 1 saturated heterocycles. The summed E-state index contributed by atoms with van der Waals surface area (Å²) >= 11 is 0. The maximum atomic E-state index is 5.75. The second-order valence-corrected chi connectivity index (χ2v) is 7.23. The highest BCUT2D eigenvalue weighted by molar-refractivity contribution is 4.92. The molecule has 2 atom stereocenters. The van der Waals surface area contributed by atoms with E-state index in [0.717, 1.165) is 45.9 Å². The Balaban J connectivity index is 2.39. The van der Waals surface area contributed by atoms with E-state index in [9.17, 15) is 0 Å². The normalized spacial score (nSPS) is 24.4. The summed E-state index contributed by atoms with van der Waals surface area (Å²) in [6.45, 7) is 15.0. The van der Waals surface area contributed by atoms with Gasteiger partial charge in [0.05, 0.1) is 6.61 Å². The van der Waals surface area contributed by atoms with E-state index in [4.69, 9.17) is 9.47 Å². The van der Waals surface area contributed by atoms with Crippen molar-refractivity contribution in [3.63, 3.8) is 0 Å². The van der Waals surface area contributed by atoms with Gasteiger partial charge in [-0.15, -0.1) is 0 Å². The van der Waals surface area contributed by atoms with E-state index in [1.165, 1.54) is 12.8 Å². The molecule has 1 aliphatic rings. The third kappa shape index (κ3) is 7.09. The zero-order valence-corrected chi connectivity index (χ0v) is 14.8. The summed E-state index contributed by atoms with van der Waals surface area (Å²) in [5.41, 5.74) is 0.306. The highest BCUT2D eigenvalue weighted by atomic mass is 16.5. The standard InChI is InChI=1S/C17H36N2O2/c1-6-8-15-14-19(9-12-21-11-7-10-20-5)16(13-18-15)17(2,3)4/h15-16,18H,6-14H2,1-5H3. The molecule has 0 aromatic heterocycles. The molecule has 1 fully saturated rings. The lowest BCUT2D eigenvalue weighted by Crippen LogP contribution is -2.61. The van der Waals surface area contributed by atoms with Crippen molar-refractivity contribution in [2.75, 3.05) is 46.6 Å². The smallest absolute Gasteiger partial charge is 0.0593 e. The van der Waals surface area contributed by atoms with E-state index >= 15 is 0 Å². The molecule has 126 valence electrons. The first kappa shape index (κ1) is 18.9. The van der Waals surface area contributed by atoms with Crippen LogP contribution in [0.3, 0.4) is 0 Å². The van der Waals surface area contributed by atoms with Gasteiger partial charge in [-0.1, -0.05) is 34.1 Å². The third-order valence-electron chi connectivity index (χ3n) is 4.29. The molecule has 21 heavy (non-hydrogen) atoms. The van der Waals surface area contributed by atoms with Crippen molar-refractivity contribution in [1.82, 2.24) is 10.2 Å². The zero-order chi connectivity index (χ0) is 15.7. The molecular weight excluding hydrogens is 264 g/mol. The van der Waals surface area contributed by atoms with Crippen LogP contribution in [0.5, 0.6) is 0 Å². The zero-order valence-electron chi connectivity index (χ0n) is 14.8. The van der Waals surface area contributed by atoms with Crippen LogP contribution in [0.15, 0.2) is 0 Å². The molecule has 1 aliphatic heterocycles. The van der Waals surface area contributed by atoms with Gasteiger partial charge in [0.2, 0.25) is 0 Å². The van der Waals surface area contributed by atoms with Gasteiger partial charge in [0, 0.05) is 52.0 Å². The molecule has 0 spiro atoms. The molecule has 0 aromatic carbocycles. The Bertz CT molecular complexity index is 266. The van der Waals surface area contributed by atoms with E-state index in [1.807, 2.05) is 0 Å². The van der Waals surface area contributed by atoms with Crippen LogP contribution in [0, 0.1) is 5.41 Å². The molecular formula is C17H36N2O2. The summed E-state index contributed by atoms with van der Waals surface area (Å²) in [4.78, 5) is 2.63. The number of methoxy groups -OCH3 is 1. The summed E-state index contributed by atoms with van der Waals surface area (Å²) in [7, 11) is 1.74. The number of nitrogens with one attached hydrogen (secondary N) is 1. The Kier molecular flexibility index (Phi) is 8.79. The van der Waals surface area contributed by atoms with Crippen molar-refractivity contribution in [2.24, 2.45) is 5.41 Å². The van der Waals surface area contributed by atoms with E-state index < -0.39 is 0 Å². The van der Waals surface area contributed by atoms with Gasteiger partial charge in [-0.05, 0) is 18.3 Å². The summed E-state index contributed by atoms with van der Waals surface area (Å²) in [6.07, 6.45) is 3.50. The summed E-state index contributed by atoms with van der Waals surface area (Å²) in [5.74, 6) is 0. The number of nitrogens with zero attached hydrogens (tertiary/aromatic N) is 1. The van der Waals surface area contributed by atoms with Crippen molar-refractivity contribution >= 4 is 0 Å². The van der Waals surface area contributed by atoms with Gasteiger partial charge in [-0.3, -0.25) is 4.90 Å². The average Bonchev–Trinajstić information content (AvgIpc) is 2.42. The van der Waals surface area contributed by atoms with Gasteiger partial charge in [0.25, 0.3) is 0 Å². The van der Waals surface area contributed by atoms with Crippen LogP contribution in [-0.2, 0) is 9.47 Å². The van der Waals surface area contributed by atoms with Crippen LogP contribution in [0.1, 0.15) is 47.0 Å². The van der Waals surface area contributed by atoms with Crippen LogP contribution < -0.4 is 5.32 Å². The Morgan fingerprint density at radius 3 is 2.57 bits per heavy atom. The third-order valence-corrected chi connectivity index (χ3v) is 4.29. The van der Waals surface area contributed by atoms with Crippen LogP contribution in [0.4, 0.5) is 0 Å². The fourth-order valence-corrected chi connectivity index (χ4v) is 3.11. The maximum Gasteiger partial charge on any atom is 0.0593 e. The lowest BCUT2D eigenvalue weighted by atomic mass is 9.83. The van der Waals surface area contributed by atoms with Crippen molar-refractivity contribution in [3.8, 4) is 0 Å². The summed E-state index contributed by atoms with van der Waals surface area (Å²) in [6, 6.07) is 1.23. The molecule has 0 aromatic rings. The quantitative estimate of drug-likeness (QED) is 0.664. The van der Waals surface area contributed by atoms with Crippen molar-refractivity contribution in [3.05, 3.63) is 0 Å². The van der Waals surface area contributed by atoms with E-state index in [-0.39, 0.29) is 0 Å². The van der Waals surface area contributed by atoms with Crippen molar-refractivity contribution in [2.45, 2.75) is 59.0 Å². The Hall–Kier alpha value is -0.160. The number of ether oxygens (including phenoxy) is 2. The number of piperazine rings is 1. The molecule has 0 aliphatic carbocycles. The van der Waals surface area contributed by atoms with Gasteiger partial charge >= 0.3 is 0 Å². The maximum absolute atomic E-state index is 5.75. The lowest BCUT2D eigenvalue weighted by molar-refractivity contribution is 0.0205. The minimum absolute atomic E-state index is 0.306. The molecule has 1 heterocycles. The van der Waals surface area contributed by atoms with Crippen molar-refractivity contribution < 1.29 is 9.47 Å². The molecule has 1 rings (SSSR count). The molecule has 0 bridgehead atoms. The topological polar surface area (TPSA) is 33.7 Å². The number of rotatable bonds is 9. The minimum Gasteiger partial charge on any atom is -0.385 e. The molecule has 2 unspecified atom stereocenters. The van der Waals surface area contributed by atoms with Gasteiger partial charge in [0.1, 0.15) is 0 Å². The highest BCUT2D eigenvalue weighted by Gasteiger charge is 2.34. The van der Waals surface area contributed by atoms with Crippen molar-refractivity contribution in [1.29, 1.82) is 0 Å². The molecule has 0 radical (unpaired) electrons.